The summed E-state index contributed by atoms with van der Waals surface area (Å²) in [7, 11) is 1.51. The zero-order chi connectivity index (χ0) is 14.7. The minimum atomic E-state index is -0.501. The number of benzene rings is 1. The summed E-state index contributed by atoms with van der Waals surface area (Å²) in [6.45, 7) is 1.83. The van der Waals surface area contributed by atoms with Gasteiger partial charge in [0, 0.05) is 22.9 Å². The van der Waals surface area contributed by atoms with Gasteiger partial charge >= 0.3 is 5.69 Å². The van der Waals surface area contributed by atoms with Crippen molar-refractivity contribution in [1.82, 2.24) is 9.55 Å². The normalized spacial score (nSPS) is 10.3. The molecule has 0 aliphatic rings. The molecule has 1 heterocycles. The molecule has 1 aromatic carbocycles. The lowest BCUT2D eigenvalue weighted by atomic mass is 10.1. The average molecular weight is 274 g/mol. The standard InChI is InChI=1S/C14H14N2O4/c1-9-6-16(14(19)15-13(9)18)7-11-5-10(8-17)3-4-12(11)20-2/h3-6,8H,7H2,1-2H3,(H,15,18,19). The lowest BCUT2D eigenvalue weighted by Gasteiger charge is -2.11. The molecular weight excluding hydrogens is 260 g/mol. The molecule has 0 amide bonds. The monoisotopic (exact) mass is 274 g/mol. The highest BCUT2D eigenvalue weighted by Gasteiger charge is 2.08. The van der Waals surface area contributed by atoms with Crippen molar-refractivity contribution < 1.29 is 9.53 Å². The van der Waals surface area contributed by atoms with Crippen LogP contribution in [-0.4, -0.2) is 22.9 Å². The molecule has 6 heteroatoms. The summed E-state index contributed by atoms with van der Waals surface area (Å²) >= 11 is 0. The van der Waals surface area contributed by atoms with Gasteiger partial charge in [-0.3, -0.25) is 19.1 Å². The van der Waals surface area contributed by atoms with Crippen molar-refractivity contribution in [2.24, 2.45) is 0 Å². The molecule has 6 nitrogen and oxygen atoms in total. The van der Waals surface area contributed by atoms with Gasteiger partial charge in [0.15, 0.2) is 0 Å². The van der Waals surface area contributed by atoms with Crippen molar-refractivity contribution in [3.63, 3.8) is 0 Å². The maximum Gasteiger partial charge on any atom is 0.328 e. The minimum Gasteiger partial charge on any atom is -0.496 e. The first-order valence-corrected chi connectivity index (χ1v) is 5.97. The predicted octanol–water partition coefficient (Wildman–Crippen LogP) is 0.714. The van der Waals surface area contributed by atoms with Gasteiger partial charge in [0.2, 0.25) is 0 Å². The molecule has 0 spiro atoms. The van der Waals surface area contributed by atoms with Gasteiger partial charge in [0.1, 0.15) is 12.0 Å². The number of H-pyrrole nitrogens is 1. The highest BCUT2D eigenvalue weighted by Crippen LogP contribution is 2.19. The van der Waals surface area contributed by atoms with Gasteiger partial charge in [0.05, 0.1) is 13.7 Å². The molecule has 0 fully saturated rings. The van der Waals surface area contributed by atoms with Crippen LogP contribution in [0.1, 0.15) is 21.5 Å². The summed E-state index contributed by atoms with van der Waals surface area (Å²) in [6, 6.07) is 4.96. The summed E-state index contributed by atoms with van der Waals surface area (Å²) < 4.78 is 6.57. The van der Waals surface area contributed by atoms with E-state index in [1.165, 1.54) is 17.9 Å². The number of nitrogens with one attached hydrogen (secondary N) is 1. The van der Waals surface area contributed by atoms with Gasteiger partial charge in [-0.2, -0.15) is 0 Å². The number of carbonyl (C=O) groups excluding carboxylic acids is 1. The Bertz CT molecular complexity index is 758. The fraction of sp³-hybridized carbons (Fsp3) is 0.214. The van der Waals surface area contributed by atoms with E-state index in [0.29, 0.717) is 22.4 Å². The minimum absolute atomic E-state index is 0.210. The van der Waals surface area contributed by atoms with Crippen molar-refractivity contribution in [3.8, 4) is 5.75 Å². The third-order valence-corrected chi connectivity index (χ3v) is 2.97. The van der Waals surface area contributed by atoms with E-state index < -0.39 is 11.2 Å². The number of hydrogen-bond acceptors (Lipinski definition) is 4. The summed E-state index contributed by atoms with van der Waals surface area (Å²) in [6.07, 6.45) is 2.21. The fourth-order valence-corrected chi connectivity index (χ4v) is 1.91. The van der Waals surface area contributed by atoms with E-state index in [0.717, 1.165) is 6.29 Å². The smallest absolute Gasteiger partial charge is 0.328 e. The summed E-state index contributed by atoms with van der Waals surface area (Å²) in [5, 5.41) is 0. The van der Waals surface area contributed by atoms with Gasteiger partial charge in [-0.05, 0) is 25.1 Å². The van der Waals surface area contributed by atoms with Crippen molar-refractivity contribution in [3.05, 3.63) is 61.9 Å². The number of aldehydes is 1. The van der Waals surface area contributed by atoms with Crippen LogP contribution in [0.15, 0.2) is 34.0 Å². The summed E-state index contributed by atoms with van der Waals surface area (Å²) in [5.41, 5.74) is 0.717. The molecule has 0 radical (unpaired) electrons. The lowest BCUT2D eigenvalue weighted by Crippen LogP contribution is -2.31. The molecule has 0 saturated carbocycles. The molecule has 0 aliphatic carbocycles. The Hall–Kier alpha value is -2.63. The highest BCUT2D eigenvalue weighted by molar-refractivity contribution is 5.75. The SMILES string of the molecule is COc1ccc(C=O)cc1Cn1cc(C)c(=O)[nH]c1=O. The van der Waals surface area contributed by atoms with E-state index >= 15 is 0 Å². The van der Waals surface area contributed by atoms with E-state index in [2.05, 4.69) is 4.98 Å². The van der Waals surface area contributed by atoms with Crippen LogP contribution in [0.5, 0.6) is 5.75 Å². The first-order valence-electron chi connectivity index (χ1n) is 5.97. The van der Waals surface area contributed by atoms with Crippen LogP contribution in [-0.2, 0) is 6.54 Å². The highest BCUT2D eigenvalue weighted by atomic mass is 16.5. The summed E-state index contributed by atoms with van der Waals surface area (Å²) in [5.74, 6) is 0.575. The zero-order valence-corrected chi connectivity index (χ0v) is 11.2. The third-order valence-electron chi connectivity index (χ3n) is 2.97. The van der Waals surface area contributed by atoms with Crippen molar-refractivity contribution in [1.29, 1.82) is 0 Å². The van der Waals surface area contributed by atoms with Gasteiger partial charge < -0.3 is 4.74 Å². The maximum atomic E-state index is 11.7. The Morgan fingerprint density at radius 2 is 2.10 bits per heavy atom. The van der Waals surface area contributed by atoms with E-state index in [-0.39, 0.29) is 6.54 Å². The van der Waals surface area contributed by atoms with E-state index in [1.807, 2.05) is 0 Å². The molecular formula is C14H14N2O4. The third kappa shape index (κ3) is 2.69. The number of aromatic amines is 1. The average Bonchev–Trinajstić information content (AvgIpc) is 2.44. The zero-order valence-electron chi connectivity index (χ0n) is 11.2. The number of ether oxygens (including phenoxy) is 1. The number of rotatable bonds is 4. The number of carbonyl (C=O) groups is 1. The van der Waals surface area contributed by atoms with Crippen molar-refractivity contribution in [2.45, 2.75) is 13.5 Å². The van der Waals surface area contributed by atoms with Gasteiger partial charge in [0.25, 0.3) is 5.56 Å². The summed E-state index contributed by atoms with van der Waals surface area (Å²) in [4.78, 5) is 36.1. The molecule has 2 rings (SSSR count). The molecule has 0 saturated heterocycles. The number of aromatic nitrogens is 2. The Kier molecular flexibility index (Phi) is 3.84. The van der Waals surface area contributed by atoms with Gasteiger partial charge in [-0.15, -0.1) is 0 Å². The lowest BCUT2D eigenvalue weighted by molar-refractivity contribution is 0.112. The van der Waals surface area contributed by atoms with Crippen LogP contribution < -0.4 is 16.0 Å². The largest absolute Gasteiger partial charge is 0.496 e. The van der Waals surface area contributed by atoms with Crippen LogP contribution in [0.25, 0.3) is 0 Å². The maximum absolute atomic E-state index is 11.7. The topological polar surface area (TPSA) is 81.2 Å². The number of nitrogens with zero attached hydrogens (tertiary/aromatic N) is 1. The predicted molar refractivity (Wildman–Crippen MR) is 73.5 cm³/mol. The molecule has 0 unspecified atom stereocenters. The second-order valence-corrected chi connectivity index (χ2v) is 4.39. The first kappa shape index (κ1) is 13.8. The molecule has 0 bridgehead atoms. The quantitative estimate of drug-likeness (QED) is 0.833. The second-order valence-electron chi connectivity index (χ2n) is 4.39. The van der Waals surface area contributed by atoms with Crippen LogP contribution >= 0.6 is 0 Å². The molecule has 2 aromatic rings. The first-order chi connectivity index (χ1) is 9.55. The van der Waals surface area contributed by atoms with E-state index in [1.54, 1.807) is 25.1 Å². The molecule has 20 heavy (non-hydrogen) atoms. The van der Waals surface area contributed by atoms with Crippen molar-refractivity contribution in [2.75, 3.05) is 7.11 Å². The van der Waals surface area contributed by atoms with Crippen LogP contribution in [0.2, 0.25) is 0 Å². The van der Waals surface area contributed by atoms with Crippen LogP contribution in [0.4, 0.5) is 0 Å². The van der Waals surface area contributed by atoms with Gasteiger partial charge in [-0.1, -0.05) is 0 Å². The number of aryl methyl sites for hydroxylation is 1. The molecule has 104 valence electrons. The Labute approximate surface area is 114 Å². The fourth-order valence-electron chi connectivity index (χ4n) is 1.91. The van der Waals surface area contributed by atoms with Crippen LogP contribution in [0, 0.1) is 6.92 Å². The second kappa shape index (κ2) is 5.56. The Morgan fingerprint density at radius 3 is 2.75 bits per heavy atom. The molecule has 0 aliphatic heterocycles. The van der Waals surface area contributed by atoms with E-state index in [4.69, 9.17) is 4.74 Å². The van der Waals surface area contributed by atoms with Crippen LogP contribution in [0.3, 0.4) is 0 Å². The molecule has 0 atom stereocenters. The molecule has 1 aromatic heterocycles. The van der Waals surface area contributed by atoms with E-state index in [9.17, 15) is 14.4 Å². The Morgan fingerprint density at radius 1 is 1.35 bits per heavy atom. The molecule has 1 N–H and O–H groups in total. The van der Waals surface area contributed by atoms with Gasteiger partial charge in [-0.25, -0.2) is 4.79 Å². The van der Waals surface area contributed by atoms with Crippen molar-refractivity contribution >= 4 is 6.29 Å². The number of methoxy groups -OCH3 is 1. The Balaban J connectivity index is 2.49. The number of hydrogen-bond donors (Lipinski definition) is 1.